The summed E-state index contributed by atoms with van der Waals surface area (Å²) in [4.78, 5) is 17.4. The van der Waals surface area contributed by atoms with Gasteiger partial charge in [-0.15, -0.1) is 0 Å². The third-order valence-corrected chi connectivity index (χ3v) is 5.24. The second-order valence-corrected chi connectivity index (χ2v) is 9.79. The fraction of sp³-hybridized carbons (Fsp3) is 0.348. The summed E-state index contributed by atoms with van der Waals surface area (Å²) in [6.45, 7) is 13.0. The summed E-state index contributed by atoms with van der Waals surface area (Å²) in [5.41, 5.74) is 3.79. The molecule has 1 aromatic heterocycles. The summed E-state index contributed by atoms with van der Waals surface area (Å²) in [5, 5.41) is 3.41. The number of rotatable bonds is 3. The molecule has 28 heavy (non-hydrogen) atoms. The lowest BCUT2D eigenvalue weighted by molar-refractivity contribution is 0.102. The van der Waals surface area contributed by atoms with Gasteiger partial charge in [0.05, 0.1) is 0 Å². The van der Waals surface area contributed by atoms with Gasteiger partial charge in [-0.1, -0.05) is 77.9 Å². The predicted octanol–water partition coefficient (Wildman–Crippen LogP) is 6.05. The highest BCUT2D eigenvalue weighted by Gasteiger charge is 2.22. The lowest BCUT2D eigenvalue weighted by Gasteiger charge is -2.26. The number of aromatic nitrogens is 2. The van der Waals surface area contributed by atoms with Crippen molar-refractivity contribution in [1.82, 2.24) is 9.36 Å². The summed E-state index contributed by atoms with van der Waals surface area (Å²) in [7, 11) is 0. The van der Waals surface area contributed by atoms with Crippen LogP contribution in [0.4, 0.5) is 5.13 Å². The Kier molecular flexibility index (Phi) is 5.39. The molecule has 5 heteroatoms. The first-order valence-electron chi connectivity index (χ1n) is 9.40. The molecule has 3 aromatic rings. The lowest BCUT2D eigenvalue weighted by Crippen LogP contribution is -2.20. The Bertz CT molecular complexity index is 947. The van der Waals surface area contributed by atoms with Crippen molar-refractivity contribution in [3.63, 3.8) is 0 Å². The Morgan fingerprint density at radius 1 is 0.893 bits per heavy atom. The molecule has 0 saturated carbocycles. The maximum Gasteiger partial charge on any atom is 0.257 e. The van der Waals surface area contributed by atoms with Gasteiger partial charge in [-0.05, 0) is 34.1 Å². The monoisotopic (exact) mass is 393 g/mol. The number of benzene rings is 2. The minimum atomic E-state index is -0.160. The Balaban J connectivity index is 1.89. The average molecular weight is 394 g/mol. The van der Waals surface area contributed by atoms with Crippen molar-refractivity contribution in [3.05, 3.63) is 65.2 Å². The van der Waals surface area contributed by atoms with Gasteiger partial charge < -0.3 is 0 Å². The van der Waals surface area contributed by atoms with Gasteiger partial charge in [-0.3, -0.25) is 10.1 Å². The van der Waals surface area contributed by atoms with Crippen molar-refractivity contribution in [3.8, 4) is 11.4 Å². The highest BCUT2D eigenvalue weighted by molar-refractivity contribution is 7.10. The van der Waals surface area contributed by atoms with Crippen LogP contribution in [0.1, 0.15) is 63.0 Å². The van der Waals surface area contributed by atoms with Crippen LogP contribution >= 0.6 is 11.5 Å². The zero-order chi connectivity index (χ0) is 20.5. The number of nitrogens with zero attached hydrogens (tertiary/aromatic N) is 2. The molecular weight excluding hydrogens is 366 g/mol. The van der Waals surface area contributed by atoms with E-state index in [0.717, 1.165) is 16.7 Å². The first kappa shape index (κ1) is 20.2. The fourth-order valence-electron chi connectivity index (χ4n) is 2.77. The summed E-state index contributed by atoms with van der Waals surface area (Å²) < 4.78 is 4.36. The third-order valence-electron chi connectivity index (χ3n) is 4.61. The number of nitrogens with one attached hydrogen (secondary N) is 1. The fourth-order valence-corrected chi connectivity index (χ4v) is 3.36. The molecule has 0 fully saturated rings. The molecule has 0 aliphatic rings. The van der Waals surface area contributed by atoms with Gasteiger partial charge in [0.1, 0.15) is 0 Å². The van der Waals surface area contributed by atoms with Gasteiger partial charge in [0.15, 0.2) is 5.82 Å². The van der Waals surface area contributed by atoms with E-state index in [1.54, 1.807) is 0 Å². The molecule has 0 saturated heterocycles. The van der Waals surface area contributed by atoms with Crippen LogP contribution in [0.3, 0.4) is 0 Å². The molecule has 0 aliphatic heterocycles. The van der Waals surface area contributed by atoms with E-state index in [-0.39, 0.29) is 16.7 Å². The first-order chi connectivity index (χ1) is 13.0. The molecule has 4 nitrogen and oxygen atoms in total. The van der Waals surface area contributed by atoms with E-state index in [9.17, 15) is 4.79 Å². The Labute approximate surface area is 171 Å². The molecule has 1 heterocycles. The number of amides is 1. The number of anilines is 1. The Morgan fingerprint density at radius 3 is 2.00 bits per heavy atom. The zero-order valence-corrected chi connectivity index (χ0v) is 18.1. The maximum atomic E-state index is 12.9. The molecule has 0 bridgehead atoms. The van der Waals surface area contributed by atoms with Crippen LogP contribution in [0, 0.1) is 0 Å². The second-order valence-electron chi connectivity index (χ2n) is 9.04. The molecule has 0 atom stereocenters. The maximum absolute atomic E-state index is 12.9. The highest BCUT2D eigenvalue weighted by Crippen LogP contribution is 2.31. The molecule has 2 aromatic carbocycles. The smallest absolute Gasteiger partial charge is 0.257 e. The number of hydrogen-bond donors (Lipinski definition) is 1. The van der Waals surface area contributed by atoms with E-state index >= 15 is 0 Å². The van der Waals surface area contributed by atoms with Gasteiger partial charge in [-0.2, -0.15) is 9.36 Å². The van der Waals surface area contributed by atoms with E-state index in [2.05, 4.69) is 62.3 Å². The topological polar surface area (TPSA) is 54.9 Å². The van der Waals surface area contributed by atoms with Crippen molar-refractivity contribution in [2.75, 3.05) is 5.32 Å². The van der Waals surface area contributed by atoms with Gasteiger partial charge in [0.25, 0.3) is 5.91 Å². The Morgan fingerprint density at radius 2 is 1.46 bits per heavy atom. The Hall–Kier alpha value is -2.53. The van der Waals surface area contributed by atoms with Crippen LogP contribution in [-0.2, 0) is 10.8 Å². The van der Waals surface area contributed by atoms with E-state index in [4.69, 9.17) is 0 Å². The van der Waals surface area contributed by atoms with Crippen LogP contribution in [0.2, 0.25) is 0 Å². The van der Waals surface area contributed by atoms with Crippen LogP contribution < -0.4 is 5.32 Å². The van der Waals surface area contributed by atoms with Crippen molar-refractivity contribution in [2.45, 2.75) is 52.4 Å². The standard InChI is InChI=1S/C23H27N3OS/c1-22(2,3)17-12-16(13-18(14-17)23(4,5)6)20(27)25-21-24-19(26-28-21)15-10-8-7-9-11-15/h7-14H,1-6H3,(H,24,25,26,27). The van der Waals surface area contributed by atoms with Gasteiger partial charge in [0, 0.05) is 22.7 Å². The lowest BCUT2D eigenvalue weighted by atomic mass is 9.79. The molecule has 3 rings (SSSR count). The molecule has 1 N–H and O–H groups in total. The first-order valence-corrected chi connectivity index (χ1v) is 10.2. The second kappa shape index (κ2) is 7.47. The summed E-state index contributed by atoms with van der Waals surface area (Å²) >= 11 is 1.19. The molecule has 0 radical (unpaired) electrons. The van der Waals surface area contributed by atoms with E-state index in [0.29, 0.717) is 16.5 Å². The van der Waals surface area contributed by atoms with E-state index < -0.39 is 0 Å². The van der Waals surface area contributed by atoms with E-state index in [1.165, 1.54) is 11.5 Å². The van der Waals surface area contributed by atoms with Crippen molar-refractivity contribution >= 4 is 22.6 Å². The van der Waals surface area contributed by atoms with Crippen molar-refractivity contribution < 1.29 is 4.79 Å². The molecule has 0 spiro atoms. The van der Waals surface area contributed by atoms with E-state index in [1.807, 2.05) is 42.5 Å². The highest BCUT2D eigenvalue weighted by atomic mass is 32.1. The number of hydrogen-bond acceptors (Lipinski definition) is 4. The third kappa shape index (κ3) is 4.65. The minimum Gasteiger partial charge on any atom is -0.297 e. The summed E-state index contributed by atoms with van der Waals surface area (Å²) in [5.74, 6) is 0.465. The van der Waals surface area contributed by atoms with Crippen LogP contribution in [-0.4, -0.2) is 15.3 Å². The number of carbonyl (C=O) groups excluding carboxylic acids is 1. The molecule has 0 aliphatic carbocycles. The van der Waals surface area contributed by atoms with Crippen molar-refractivity contribution in [2.24, 2.45) is 0 Å². The molecular formula is C23H27N3OS. The predicted molar refractivity (Wildman–Crippen MR) is 117 cm³/mol. The van der Waals surface area contributed by atoms with Gasteiger partial charge in [0.2, 0.25) is 5.13 Å². The normalized spacial score (nSPS) is 12.1. The summed E-state index contributed by atoms with van der Waals surface area (Å²) in [6.07, 6.45) is 0. The van der Waals surface area contributed by atoms with Gasteiger partial charge in [-0.25, -0.2) is 0 Å². The average Bonchev–Trinajstić information content (AvgIpc) is 3.09. The molecule has 1 amide bonds. The number of carbonyl (C=O) groups is 1. The minimum absolute atomic E-state index is 0.0422. The largest absolute Gasteiger partial charge is 0.297 e. The SMILES string of the molecule is CC(C)(C)c1cc(C(=O)Nc2nc(-c3ccccc3)ns2)cc(C(C)(C)C)c1. The molecule has 146 valence electrons. The van der Waals surface area contributed by atoms with Crippen molar-refractivity contribution in [1.29, 1.82) is 0 Å². The molecule has 0 unspecified atom stereocenters. The zero-order valence-electron chi connectivity index (χ0n) is 17.3. The van der Waals surface area contributed by atoms with Crippen LogP contribution in [0.15, 0.2) is 48.5 Å². The van der Waals surface area contributed by atoms with Gasteiger partial charge >= 0.3 is 0 Å². The summed E-state index contributed by atoms with van der Waals surface area (Å²) in [6, 6.07) is 15.9. The quantitative estimate of drug-likeness (QED) is 0.589. The van der Waals surface area contributed by atoms with Crippen LogP contribution in [0.25, 0.3) is 11.4 Å². The van der Waals surface area contributed by atoms with Crippen LogP contribution in [0.5, 0.6) is 0 Å².